The molecule has 0 bridgehead atoms. The van der Waals surface area contributed by atoms with Gasteiger partial charge in [-0.05, 0) is 55.4 Å². The molecule has 0 spiro atoms. The highest BCUT2D eigenvalue weighted by atomic mass is 19.1. The molecule has 24 heavy (non-hydrogen) atoms. The number of amides is 1. The maximum absolute atomic E-state index is 13.7. The molecule has 4 heteroatoms. The van der Waals surface area contributed by atoms with E-state index in [9.17, 15) is 14.3 Å². The van der Waals surface area contributed by atoms with Crippen LogP contribution in [0.1, 0.15) is 35.2 Å². The molecule has 0 unspecified atom stereocenters. The number of carbonyl (C=O) groups excluding carboxylic acids is 1. The highest BCUT2D eigenvalue weighted by Gasteiger charge is 2.25. The Labute approximate surface area is 141 Å². The number of hydrogen-bond acceptors (Lipinski definition) is 2. The first kappa shape index (κ1) is 16.5. The van der Waals surface area contributed by atoms with E-state index in [1.807, 2.05) is 17.0 Å². The van der Waals surface area contributed by atoms with Gasteiger partial charge < -0.3 is 10.0 Å². The average molecular weight is 327 g/mol. The van der Waals surface area contributed by atoms with Crippen molar-refractivity contribution in [2.45, 2.75) is 25.7 Å². The third kappa shape index (κ3) is 3.75. The van der Waals surface area contributed by atoms with E-state index in [1.165, 1.54) is 12.1 Å². The lowest BCUT2D eigenvalue weighted by molar-refractivity contribution is 0.0665. The Kier molecular flexibility index (Phi) is 5.14. The van der Waals surface area contributed by atoms with Crippen molar-refractivity contribution in [1.29, 1.82) is 0 Å². The summed E-state index contributed by atoms with van der Waals surface area (Å²) >= 11 is 0. The number of carbonyl (C=O) groups is 1. The van der Waals surface area contributed by atoms with Crippen LogP contribution in [0.25, 0.3) is 0 Å². The molecule has 0 saturated carbocycles. The number of rotatable bonds is 4. The molecule has 0 aromatic heterocycles. The van der Waals surface area contributed by atoms with Gasteiger partial charge in [0.2, 0.25) is 0 Å². The van der Waals surface area contributed by atoms with E-state index >= 15 is 0 Å². The number of halogens is 1. The molecule has 1 aliphatic rings. The number of para-hydroxylation sites is 1. The van der Waals surface area contributed by atoms with Crippen LogP contribution >= 0.6 is 0 Å². The lowest BCUT2D eigenvalue weighted by atomic mass is 9.91. The predicted molar refractivity (Wildman–Crippen MR) is 91.5 cm³/mol. The van der Waals surface area contributed by atoms with E-state index in [0.29, 0.717) is 31.0 Å². The number of aryl methyl sites for hydroxylation is 1. The van der Waals surface area contributed by atoms with Crippen molar-refractivity contribution in [3.63, 3.8) is 0 Å². The Morgan fingerprint density at radius 3 is 2.71 bits per heavy atom. The summed E-state index contributed by atoms with van der Waals surface area (Å²) in [5.74, 6) is 0.114. The summed E-state index contributed by atoms with van der Waals surface area (Å²) in [5.41, 5.74) is 1.09. The van der Waals surface area contributed by atoms with Gasteiger partial charge in [-0.2, -0.15) is 0 Å². The zero-order valence-electron chi connectivity index (χ0n) is 13.6. The van der Waals surface area contributed by atoms with Gasteiger partial charge in [0.05, 0.1) is 5.56 Å². The molecule has 3 rings (SSSR count). The van der Waals surface area contributed by atoms with Gasteiger partial charge in [-0.3, -0.25) is 4.79 Å². The second-order valence-corrected chi connectivity index (χ2v) is 6.41. The number of benzene rings is 2. The van der Waals surface area contributed by atoms with Crippen LogP contribution in [0.4, 0.5) is 4.39 Å². The number of phenolic OH excluding ortho intramolecular Hbond substituents is 1. The van der Waals surface area contributed by atoms with E-state index in [2.05, 4.69) is 0 Å². The number of nitrogens with zero attached hydrogens (tertiary/aromatic N) is 1. The van der Waals surface area contributed by atoms with Gasteiger partial charge in [0, 0.05) is 13.1 Å². The highest BCUT2D eigenvalue weighted by Crippen LogP contribution is 2.25. The smallest absolute Gasteiger partial charge is 0.257 e. The topological polar surface area (TPSA) is 40.5 Å². The first-order valence-corrected chi connectivity index (χ1v) is 8.46. The molecular weight excluding hydrogens is 305 g/mol. The predicted octanol–water partition coefficient (Wildman–Crippen LogP) is 4.02. The molecular formula is C20H22FNO2. The second kappa shape index (κ2) is 7.47. The van der Waals surface area contributed by atoms with Crippen LogP contribution in [-0.4, -0.2) is 29.0 Å². The molecule has 1 fully saturated rings. The second-order valence-electron chi connectivity index (χ2n) is 6.41. The van der Waals surface area contributed by atoms with Crippen molar-refractivity contribution in [1.82, 2.24) is 4.90 Å². The molecule has 2 aromatic rings. The Morgan fingerprint density at radius 2 is 1.92 bits per heavy atom. The number of piperidine rings is 1. The fourth-order valence-corrected chi connectivity index (χ4v) is 3.37. The zero-order valence-corrected chi connectivity index (χ0v) is 13.6. The van der Waals surface area contributed by atoms with E-state index in [-0.39, 0.29) is 17.5 Å². The SMILES string of the molecule is O=C(c1ccccc1O)N1CCC[C@H](CCc2ccccc2F)C1. The third-order valence-corrected chi connectivity index (χ3v) is 4.72. The summed E-state index contributed by atoms with van der Waals surface area (Å²) in [6.45, 7) is 1.38. The number of phenols is 1. The van der Waals surface area contributed by atoms with E-state index in [0.717, 1.165) is 24.8 Å². The first-order chi connectivity index (χ1) is 11.6. The Bertz CT molecular complexity index is 716. The van der Waals surface area contributed by atoms with Crippen LogP contribution in [-0.2, 0) is 6.42 Å². The molecule has 0 aliphatic carbocycles. The summed E-state index contributed by atoms with van der Waals surface area (Å²) in [6.07, 6.45) is 3.56. The molecule has 3 nitrogen and oxygen atoms in total. The van der Waals surface area contributed by atoms with Gasteiger partial charge in [-0.15, -0.1) is 0 Å². The average Bonchev–Trinajstić information content (AvgIpc) is 2.61. The fourth-order valence-electron chi connectivity index (χ4n) is 3.37. The molecule has 1 saturated heterocycles. The van der Waals surface area contributed by atoms with Crippen LogP contribution in [0.15, 0.2) is 48.5 Å². The number of hydrogen-bond donors (Lipinski definition) is 1. The first-order valence-electron chi connectivity index (χ1n) is 8.46. The molecule has 126 valence electrons. The maximum Gasteiger partial charge on any atom is 0.257 e. The van der Waals surface area contributed by atoms with Crippen molar-refractivity contribution >= 4 is 5.91 Å². The van der Waals surface area contributed by atoms with Crippen molar-refractivity contribution in [3.05, 3.63) is 65.5 Å². The standard InChI is InChI=1S/C20H22FNO2/c21-18-9-3-1-7-16(18)12-11-15-6-5-13-22(14-15)20(24)17-8-2-4-10-19(17)23/h1-4,7-10,15,23H,5-6,11-14H2/t15-/m1/s1. The molecule has 1 aliphatic heterocycles. The Hall–Kier alpha value is -2.36. The number of aromatic hydroxyl groups is 1. The van der Waals surface area contributed by atoms with E-state index in [1.54, 1.807) is 24.3 Å². The summed E-state index contributed by atoms with van der Waals surface area (Å²) in [7, 11) is 0. The van der Waals surface area contributed by atoms with Crippen LogP contribution in [0, 0.1) is 11.7 Å². The van der Waals surface area contributed by atoms with Crippen molar-refractivity contribution < 1.29 is 14.3 Å². The van der Waals surface area contributed by atoms with Crippen molar-refractivity contribution in [2.75, 3.05) is 13.1 Å². The summed E-state index contributed by atoms with van der Waals surface area (Å²) in [6, 6.07) is 13.5. The lowest BCUT2D eigenvalue weighted by Crippen LogP contribution is -2.40. The monoisotopic (exact) mass is 327 g/mol. The van der Waals surface area contributed by atoms with Crippen LogP contribution in [0.2, 0.25) is 0 Å². The molecule has 0 radical (unpaired) electrons. The third-order valence-electron chi connectivity index (χ3n) is 4.72. The summed E-state index contributed by atoms with van der Waals surface area (Å²) in [5, 5.41) is 9.87. The maximum atomic E-state index is 13.7. The minimum absolute atomic E-state index is 0.0241. The van der Waals surface area contributed by atoms with Gasteiger partial charge in [-0.25, -0.2) is 4.39 Å². The summed E-state index contributed by atoms with van der Waals surface area (Å²) < 4.78 is 13.7. The zero-order chi connectivity index (χ0) is 16.9. The lowest BCUT2D eigenvalue weighted by Gasteiger charge is -2.33. The minimum atomic E-state index is -0.157. The molecule has 1 amide bonds. The normalized spacial score (nSPS) is 17.7. The molecule has 2 aromatic carbocycles. The van der Waals surface area contributed by atoms with Gasteiger partial charge in [0.15, 0.2) is 0 Å². The van der Waals surface area contributed by atoms with Gasteiger partial charge in [-0.1, -0.05) is 30.3 Å². The van der Waals surface area contributed by atoms with Crippen molar-refractivity contribution in [2.24, 2.45) is 5.92 Å². The quantitative estimate of drug-likeness (QED) is 0.921. The molecule has 1 N–H and O–H groups in total. The van der Waals surface area contributed by atoms with E-state index < -0.39 is 0 Å². The Balaban J connectivity index is 1.61. The van der Waals surface area contributed by atoms with E-state index in [4.69, 9.17) is 0 Å². The van der Waals surface area contributed by atoms with Gasteiger partial charge in [0.25, 0.3) is 5.91 Å². The minimum Gasteiger partial charge on any atom is -0.507 e. The molecule has 1 atom stereocenters. The van der Waals surface area contributed by atoms with Crippen molar-refractivity contribution in [3.8, 4) is 5.75 Å². The van der Waals surface area contributed by atoms with Crippen LogP contribution in [0.3, 0.4) is 0 Å². The number of likely N-dealkylation sites (tertiary alicyclic amines) is 1. The van der Waals surface area contributed by atoms with Gasteiger partial charge >= 0.3 is 0 Å². The largest absolute Gasteiger partial charge is 0.507 e. The molecule has 1 heterocycles. The fraction of sp³-hybridized carbons (Fsp3) is 0.350. The summed E-state index contributed by atoms with van der Waals surface area (Å²) in [4.78, 5) is 14.4. The van der Waals surface area contributed by atoms with Crippen LogP contribution in [0.5, 0.6) is 5.75 Å². The van der Waals surface area contributed by atoms with Crippen LogP contribution < -0.4 is 0 Å². The highest BCUT2D eigenvalue weighted by molar-refractivity contribution is 5.96. The Morgan fingerprint density at radius 1 is 1.17 bits per heavy atom. The van der Waals surface area contributed by atoms with Gasteiger partial charge in [0.1, 0.15) is 11.6 Å².